The first-order valence-electron chi connectivity index (χ1n) is 8.52. The topological polar surface area (TPSA) is 42.4 Å². The Labute approximate surface area is 152 Å². The second kappa shape index (κ2) is 5.33. The van der Waals surface area contributed by atoms with E-state index in [2.05, 4.69) is 9.88 Å². The Morgan fingerprint density at radius 3 is 2.75 bits per heavy atom. The van der Waals surface area contributed by atoms with Crippen LogP contribution in [0.15, 0.2) is 6.07 Å². The van der Waals surface area contributed by atoms with Crippen molar-refractivity contribution < 1.29 is 9.53 Å². The van der Waals surface area contributed by atoms with Gasteiger partial charge in [0, 0.05) is 18.5 Å². The molecule has 0 spiro atoms. The molecule has 3 heterocycles. The molecule has 0 radical (unpaired) electrons. The number of pyridine rings is 1. The molecular weight excluding hydrogens is 347 g/mol. The van der Waals surface area contributed by atoms with Gasteiger partial charge in [-0.3, -0.25) is 9.69 Å². The average Bonchev–Trinajstić information content (AvgIpc) is 3.06. The lowest BCUT2D eigenvalue weighted by molar-refractivity contribution is -0.163. The molecule has 6 heteroatoms. The molecule has 2 aliphatic heterocycles. The molecule has 0 N–H and O–H groups in total. The van der Waals surface area contributed by atoms with Crippen molar-refractivity contribution in [1.82, 2.24) is 9.88 Å². The van der Waals surface area contributed by atoms with Gasteiger partial charge in [-0.15, -0.1) is 0 Å². The van der Waals surface area contributed by atoms with Crippen LogP contribution in [0.3, 0.4) is 0 Å². The van der Waals surface area contributed by atoms with Crippen molar-refractivity contribution in [1.29, 1.82) is 0 Å². The fraction of sp³-hybridized carbons (Fsp3) is 0.667. The molecule has 1 saturated carbocycles. The number of nitrogens with zero attached hydrogens (tertiary/aromatic N) is 2. The zero-order valence-corrected chi connectivity index (χ0v) is 15.9. The summed E-state index contributed by atoms with van der Waals surface area (Å²) in [5.74, 6) is 1.03. The second-order valence-electron chi connectivity index (χ2n) is 8.31. The fourth-order valence-corrected chi connectivity index (χ4v) is 5.17. The van der Waals surface area contributed by atoms with Crippen LogP contribution in [0.4, 0.5) is 0 Å². The molecule has 0 bridgehead atoms. The summed E-state index contributed by atoms with van der Waals surface area (Å²) in [5, 5.41) is 0.841. The maximum Gasteiger partial charge on any atom is 0.324 e. The van der Waals surface area contributed by atoms with Gasteiger partial charge < -0.3 is 4.74 Å². The highest BCUT2D eigenvalue weighted by atomic mass is 35.5. The molecule has 0 amide bonds. The van der Waals surface area contributed by atoms with Crippen LogP contribution in [-0.4, -0.2) is 34.0 Å². The summed E-state index contributed by atoms with van der Waals surface area (Å²) in [6.45, 7) is 8.69. The smallest absolute Gasteiger partial charge is 0.324 e. The van der Waals surface area contributed by atoms with Crippen LogP contribution in [-0.2, 0) is 9.53 Å². The lowest BCUT2D eigenvalue weighted by Crippen LogP contribution is -2.51. The summed E-state index contributed by atoms with van der Waals surface area (Å²) in [4.78, 5) is 19.5. The third kappa shape index (κ3) is 2.54. The van der Waals surface area contributed by atoms with Crippen LogP contribution >= 0.6 is 23.2 Å². The van der Waals surface area contributed by atoms with Gasteiger partial charge in [-0.25, -0.2) is 4.98 Å². The molecule has 5 atom stereocenters. The Hall–Kier alpha value is -0.840. The van der Waals surface area contributed by atoms with Crippen LogP contribution in [0.2, 0.25) is 10.3 Å². The van der Waals surface area contributed by atoms with Gasteiger partial charge in [-0.05, 0) is 56.2 Å². The van der Waals surface area contributed by atoms with Gasteiger partial charge in [0.25, 0.3) is 0 Å². The van der Waals surface area contributed by atoms with Crippen molar-refractivity contribution in [3.8, 4) is 0 Å². The van der Waals surface area contributed by atoms with Crippen LogP contribution in [0.1, 0.15) is 57.2 Å². The number of halogens is 2. The molecule has 3 aliphatic rings. The zero-order chi connectivity index (χ0) is 17.4. The number of aromatic nitrogens is 1. The molecular formula is C18H22Cl2N2O2. The highest BCUT2D eigenvalue weighted by Crippen LogP contribution is 2.61. The third-order valence-corrected chi connectivity index (χ3v) is 5.93. The Morgan fingerprint density at radius 2 is 2.08 bits per heavy atom. The Balaban J connectivity index is 1.79. The van der Waals surface area contributed by atoms with Crippen LogP contribution in [0.5, 0.6) is 0 Å². The maximum absolute atomic E-state index is 12.9. The van der Waals surface area contributed by atoms with Gasteiger partial charge in [0.15, 0.2) is 0 Å². The largest absolute Gasteiger partial charge is 0.459 e. The summed E-state index contributed by atoms with van der Waals surface area (Å²) in [5.41, 5.74) is 1.61. The van der Waals surface area contributed by atoms with Crippen LogP contribution in [0, 0.1) is 11.8 Å². The van der Waals surface area contributed by atoms with Gasteiger partial charge in [0.1, 0.15) is 21.9 Å². The minimum absolute atomic E-state index is 0.0686. The van der Waals surface area contributed by atoms with E-state index in [9.17, 15) is 4.79 Å². The number of rotatable bonds is 1. The Kier molecular flexibility index (Phi) is 3.69. The number of carbonyl (C=O) groups excluding carboxylic acids is 1. The normalized spacial score (nSPS) is 34.3. The molecule has 130 valence electrons. The fourth-order valence-electron chi connectivity index (χ4n) is 4.55. The number of hydrogen-bond donors (Lipinski definition) is 0. The predicted octanol–water partition coefficient (Wildman–Crippen LogP) is 4.21. The minimum Gasteiger partial charge on any atom is -0.459 e. The number of esters is 1. The third-order valence-electron chi connectivity index (χ3n) is 5.45. The van der Waals surface area contributed by atoms with Crippen molar-refractivity contribution in [2.75, 3.05) is 6.54 Å². The summed E-state index contributed by atoms with van der Waals surface area (Å²) in [7, 11) is 0. The van der Waals surface area contributed by atoms with Gasteiger partial charge in [0.05, 0.1) is 0 Å². The molecule has 4 rings (SSSR count). The quantitative estimate of drug-likeness (QED) is 0.549. The number of carbonyl (C=O) groups is 1. The Bertz CT molecular complexity index is 716. The van der Waals surface area contributed by atoms with E-state index in [0.29, 0.717) is 22.1 Å². The van der Waals surface area contributed by atoms with Crippen molar-refractivity contribution in [2.24, 2.45) is 11.8 Å². The molecule has 24 heavy (non-hydrogen) atoms. The molecule has 1 aromatic rings. The van der Waals surface area contributed by atoms with E-state index >= 15 is 0 Å². The molecule has 4 nitrogen and oxygen atoms in total. The number of ether oxygens (including phenoxy) is 1. The summed E-state index contributed by atoms with van der Waals surface area (Å²) < 4.78 is 5.71. The van der Waals surface area contributed by atoms with Gasteiger partial charge in [-0.1, -0.05) is 30.1 Å². The van der Waals surface area contributed by atoms with Crippen molar-refractivity contribution in [3.05, 3.63) is 27.5 Å². The molecule has 1 saturated heterocycles. The predicted molar refractivity (Wildman–Crippen MR) is 93.3 cm³/mol. The monoisotopic (exact) mass is 368 g/mol. The van der Waals surface area contributed by atoms with Crippen LogP contribution < -0.4 is 0 Å². The van der Waals surface area contributed by atoms with E-state index in [1.807, 2.05) is 33.8 Å². The van der Waals surface area contributed by atoms with E-state index < -0.39 is 5.60 Å². The van der Waals surface area contributed by atoms with Gasteiger partial charge >= 0.3 is 5.97 Å². The highest BCUT2D eigenvalue weighted by molar-refractivity contribution is 6.33. The number of fused-ring (bicyclic) bond motifs is 5. The van der Waals surface area contributed by atoms with E-state index in [1.54, 1.807) is 0 Å². The Morgan fingerprint density at radius 1 is 1.38 bits per heavy atom. The van der Waals surface area contributed by atoms with Gasteiger partial charge in [-0.2, -0.15) is 0 Å². The molecule has 2 fully saturated rings. The van der Waals surface area contributed by atoms with E-state index in [0.717, 1.165) is 17.7 Å². The lowest BCUT2D eigenvalue weighted by atomic mass is 9.81. The van der Waals surface area contributed by atoms with E-state index in [-0.39, 0.29) is 24.0 Å². The first-order valence-corrected chi connectivity index (χ1v) is 9.27. The zero-order valence-electron chi connectivity index (χ0n) is 14.3. The summed E-state index contributed by atoms with van der Waals surface area (Å²) in [6.07, 6.45) is 1.22. The first-order chi connectivity index (χ1) is 11.2. The SMILES string of the molecule is CC1c2c(cc(Cl)nc2Cl)[C@H]2[C@H]3C[C@H]3CN2[C@@H]1C(=O)OC(C)(C)C. The van der Waals surface area contributed by atoms with Crippen LogP contribution in [0.25, 0.3) is 0 Å². The van der Waals surface area contributed by atoms with E-state index in [4.69, 9.17) is 27.9 Å². The summed E-state index contributed by atoms with van der Waals surface area (Å²) in [6, 6.07) is 1.83. The number of piperidine rings is 1. The first kappa shape index (κ1) is 16.6. The minimum atomic E-state index is -0.503. The average molecular weight is 369 g/mol. The van der Waals surface area contributed by atoms with Gasteiger partial charge in [0.2, 0.25) is 0 Å². The van der Waals surface area contributed by atoms with Crippen molar-refractivity contribution in [2.45, 2.75) is 57.7 Å². The molecule has 1 aliphatic carbocycles. The van der Waals surface area contributed by atoms with Crippen molar-refractivity contribution >= 4 is 29.2 Å². The number of hydrogen-bond acceptors (Lipinski definition) is 4. The standard InChI is InChI=1S/C18H22Cl2N2O2/c1-8-13-11(6-12(19)21-16(13)20)15-10-5-9(10)7-22(15)14(8)17(23)24-18(2,3)4/h6,8-10,14-15H,5,7H2,1-4H3/t8?,9-,10-,14-,15+/m0/s1. The summed E-state index contributed by atoms with van der Waals surface area (Å²) >= 11 is 12.6. The molecule has 0 aromatic carbocycles. The highest BCUT2D eigenvalue weighted by Gasteiger charge is 2.59. The second-order valence-corrected chi connectivity index (χ2v) is 9.05. The molecule has 1 unspecified atom stereocenters. The lowest BCUT2D eigenvalue weighted by Gasteiger charge is -2.44. The maximum atomic E-state index is 12.9. The van der Waals surface area contributed by atoms with E-state index in [1.165, 1.54) is 6.42 Å². The van der Waals surface area contributed by atoms with Crippen molar-refractivity contribution in [3.63, 3.8) is 0 Å². The molecule has 1 aromatic heterocycles.